The van der Waals surface area contributed by atoms with E-state index in [0.29, 0.717) is 0 Å². The van der Waals surface area contributed by atoms with Gasteiger partial charge in [-0.1, -0.05) is 146 Å². The summed E-state index contributed by atoms with van der Waals surface area (Å²) in [4.78, 5) is 4.80. The lowest BCUT2D eigenvalue weighted by Gasteiger charge is -2.35. The van der Waals surface area contributed by atoms with Crippen molar-refractivity contribution in [3.8, 4) is 11.1 Å². The van der Waals surface area contributed by atoms with Crippen LogP contribution in [0, 0.1) is 0 Å². The minimum atomic E-state index is -0.582. The minimum Gasteiger partial charge on any atom is -0.310 e. The molecule has 0 N–H and O–H groups in total. The zero-order valence-electron chi connectivity index (χ0n) is 30.6. The Balaban J connectivity index is 1.24. The van der Waals surface area contributed by atoms with Gasteiger partial charge in [0.1, 0.15) is 0 Å². The summed E-state index contributed by atoms with van der Waals surface area (Å²) in [6.45, 7) is 0. The highest BCUT2D eigenvalue weighted by Gasteiger charge is 2.47. The van der Waals surface area contributed by atoms with E-state index >= 15 is 0 Å². The normalized spacial score (nSPS) is 13.4. The number of nitrogens with zero attached hydrogens (tertiary/aromatic N) is 2. The molecule has 0 radical (unpaired) electrons. The van der Waals surface area contributed by atoms with Gasteiger partial charge in [-0.3, -0.25) is 0 Å². The number of rotatable bonds is 8. The lowest BCUT2D eigenvalue weighted by Crippen LogP contribution is -2.29. The summed E-state index contributed by atoms with van der Waals surface area (Å²) in [7, 11) is 0. The van der Waals surface area contributed by atoms with E-state index in [4.69, 9.17) is 0 Å². The molecule has 2 nitrogen and oxygen atoms in total. The van der Waals surface area contributed by atoms with E-state index in [1.807, 2.05) is 0 Å². The molecule has 2 aliphatic rings. The summed E-state index contributed by atoms with van der Waals surface area (Å²) in [5.74, 6) is 0. The largest absolute Gasteiger partial charge is 0.310 e. The topological polar surface area (TPSA) is 6.48 Å². The second kappa shape index (κ2) is 13.8. The Labute approximate surface area is 323 Å². The van der Waals surface area contributed by atoms with E-state index in [1.165, 1.54) is 50.2 Å². The molecule has 10 rings (SSSR count). The molecule has 0 bridgehead atoms. The molecule has 0 heterocycles. The van der Waals surface area contributed by atoms with E-state index in [0.717, 1.165) is 41.3 Å². The first kappa shape index (κ1) is 32.7. The SMILES string of the molecule is C1=Cc2ccc(N(c3ccccc3)c3ccc4c(c3)C(c3ccccc3)(c3ccccc3)c3cc(N(c5ccccc5)c5ccccc5)ccc3-4)cc2CC1. The van der Waals surface area contributed by atoms with Gasteiger partial charge < -0.3 is 9.80 Å². The van der Waals surface area contributed by atoms with Crippen LogP contribution in [0.25, 0.3) is 17.2 Å². The van der Waals surface area contributed by atoms with Crippen LogP contribution in [0.2, 0.25) is 0 Å². The molecular formula is C53H40N2. The van der Waals surface area contributed by atoms with Gasteiger partial charge in [0, 0.05) is 34.1 Å². The van der Waals surface area contributed by atoms with Gasteiger partial charge in [-0.25, -0.2) is 0 Å². The van der Waals surface area contributed by atoms with Gasteiger partial charge in [0.25, 0.3) is 0 Å². The molecule has 55 heavy (non-hydrogen) atoms. The van der Waals surface area contributed by atoms with Crippen LogP contribution < -0.4 is 9.80 Å². The smallest absolute Gasteiger partial charge is 0.0715 e. The molecule has 0 atom stereocenters. The number of benzene rings is 8. The maximum atomic E-state index is 2.47. The summed E-state index contributed by atoms with van der Waals surface area (Å²) in [5, 5.41) is 0. The van der Waals surface area contributed by atoms with Crippen LogP contribution in [0.4, 0.5) is 34.1 Å². The van der Waals surface area contributed by atoms with Gasteiger partial charge >= 0.3 is 0 Å². The number of hydrogen-bond donors (Lipinski definition) is 0. The highest BCUT2D eigenvalue weighted by atomic mass is 15.1. The van der Waals surface area contributed by atoms with Gasteiger partial charge in [0.15, 0.2) is 0 Å². The van der Waals surface area contributed by atoms with Gasteiger partial charge in [0.2, 0.25) is 0 Å². The molecule has 0 amide bonds. The summed E-state index contributed by atoms with van der Waals surface area (Å²) >= 11 is 0. The molecule has 8 aromatic carbocycles. The van der Waals surface area contributed by atoms with Crippen LogP contribution in [0.3, 0.4) is 0 Å². The quantitative estimate of drug-likeness (QED) is 0.155. The molecule has 0 aliphatic heterocycles. The first-order chi connectivity index (χ1) is 27.3. The molecule has 0 saturated heterocycles. The fourth-order valence-corrected chi connectivity index (χ4v) is 8.93. The third-order valence-electron chi connectivity index (χ3n) is 11.3. The third kappa shape index (κ3) is 5.57. The van der Waals surface area contributed by atoms with Crippen molar-refractivity contribution in [3.05, 3.63) is 246 Å². The van der Waals surface area contributed by atoms with E-state index in [-0.39, 0.29) is 0 Å². The Kier molecular flexibility index (Phi) is 8.22. The molecular weight excluding hydrogens is 665 g/mol. The van der Waals surface area contributed by atoms with Crippen molar-refractivity contribution >= 4 is 40.2 Å². The predicted octanol–water partition coefficient (Wildman–Crippen LogP) is 13.9. The number of para-hydroxylation sites is 3. The first-order valence-electron chi connectivity index (χ1n) is 19.2. The minimum absolute atomic E-state index is 0.582. The lowest BCUT2D eigenvalue weighted by molar-refractivity contribution is 0.768. The lowest BCUT2D eigenvalue weighted by atomic mass is 9.67. The van der Waals surface area contributed by atoms with Crippen LogP contribution in [0.5, 0.6) is 0 Å². The van der Waals surface area contributed by atoms with Gasteiger partial charge in [-0.2, -0.15) is 0 Å². The molecule has 262 valence electrons. The summed E-state index contributed by atoms with van der Waals surface area (Å²) in [6, 6.07) is 75.6. The fourth-order valence-electron chi connectivity index (χ4n) is 8.93. The molecule has 0 fully saturated rings. The number of fused-ring (bicyclic) bond motifs is 4. The summed E-state index contributed by atoms with van der Waals surface area (Å²) < 4.78 is 0. The van der Waals surface area contributed by atoms with Crippen molar-refractivity contribution < 1.29 is 0 Å². The number of hydrogen-bond acceptors (Lipinski definition) is 2. The standard InChI is InChI=1S/C53H40N2/c1-6-20-41(21-7-1)53(42-22-8-2-9-23-42)51-37-47(54(43-24-10-3-11-25-43)44-26-12-4-13-27-44)32-34-49(51)50-35-33-48(38-52(50)53)55(45-28-14-5-15-29-45)46-31-30-39-18-16-17-19-40(39)36-46/h1-16,18,20-38H,17,19H2. The summed E-state index contributed by atoms with van der Waals surface area (Å²) in [6.07, 6.45) is 6.68. The summed E-state index contributed by atoms with van der Waals surface area (Å²) in [5.41, 5.74) is 16.5. The Morgan fingerprint density at radius 3 is 1.24 bits per heavy atom. The molecule has 0 saturated carbocycles. The zero-order valence-corrected chi connectivity index (χ0v) is 30.6. The van der Waals surface area contributed by atoms with Crippen molar-refractivity contribution in [2.24, 2.45) is 0 Å². The number of anilines is 6. The highest BCUT2D eigenvalue weighted by Crippen LogP contribution is 2.58. The van der Waals surface area contributed by atoms with E-state index < -0.39 is 5.41 Å². The van der Waals surface area contributed by atoms with Crippen LogP contribution >= 0.6 is 0 Å². The fraction of sp³-hybridized carbons (Fsp3) is 0.0566. The number of aryl methyl sites for hydroxylation is 1. The second-order valence-corrected chi connectivity index (χ2v) is 14.4. The van der Waals surface area contributed by atoms with Crippen LogP contribution in [-0.4, -0.2) is 0 Å². The monoisotopic (exact) mass is 704 g/mol. The second-order valence-electron chi connectivity index (χ2n) is 14.4. The molecule has 2 aliphatic carbocycles. The Bertz CT molecular complexity index is 2550. The van der Waals surface area contributed by atoms with Crippen molar-refractivity contribution in [3.63, 3.8) is 0 Å². The molecule has 2 heteroatoms. The van der Waals surface area contributed by atoms with Crippen molar-refractivity contribution in [1.29, 1.82) is 0 Å². The highest BCUT2D eigenvalue weighted by molar-refractivity contribution is 5.92. The number of allylic oxidation sites excluding steroid dienone is 1. The molecule has 0 unspecified atom stereocenters. The average molecular weight is 705 g/mol. The van der Waals surface area contributed by atoms with E-state index in [2.05, 4.69) is 228 Å². The van der Waals surface area contributed by atoms with Crippen molar-refractivity contribution in [2.75, 3.05) is 9.80 Å². The van der Waals surface area contributed by atoms with Crippen LogP contribution in [0.15, 0.2) is 212 Å². The molecule has 0 aromatic heterocycles. The molecule has 0 spiro atoms. The first-order valence-corrected chi connectivity index (χ1v) is 19.2. The van der Waals surface area contributed by atoms with Crippen LogP contribution in [-0.2, 0) is 11.8 Å². The Hall–Kier alpha value is -6.90. The average Bonchev–Trinajstić information content (AvgIpc) is 3.55. The van der Waals surface area contributed by atoms with Crippen molar-refractivity contribution in [1.82, 2.24) is 0 Å². The zero-order chi connectivity index (χ0) is 36.6. The van der Waals surface area contributed by atoms with E-state index in [9.17, 15) is 0 Å². The molecule has 8 aromatic rings. The third-order valence-corrected chi connectivity index (χ3v) is 11.3. The maximum absolute atomic E-state index is 2.47. The van der Waals surface area contributed by atoms with Crippen LogP contribution in [0.1, 0.15) is 39.8 Å². The maximum Gasteiger partial charge on any atom is 0.0715 e. The predicted molar refractivity (Wildman–Crippen MR) is 230 cm³/mol. The van der Waals surface area contributed by atoms with E-state index in [1.54, 1.807) is 0 Å². The van der Waals surface area contributed by atoms with Gasteiger partial charge in [-0.15, -0.1) is 0 Å². The van der Waals surface area contributed by atoms with Gasteiger partial charge in [-0.05, 0) is 130 Å². The Morgan fingerprint density at radius 2 is 0.764 bits per heavy atom. The van der Waals surface area contributed by atoms with Gasteiger partial charge in [0.05, 0.1) is 5.41 Å². The Morgan fingerprint density at radius 1 is 0.364 bits per heavy atom. The van der Waals surface area contributed by atoms with Crippen molar-refractivity contribution in [2.45, 2.75) is 18.3 Å².